The molecule has 1 amide bonds. The van der Waals surface area contributed by atoms with E-state index in [1.54, 1.807) is 32.4 Å². The minimum Gasteiger partial charge on any atom is -0.493 e. The molecular weight excluding hydrogens is 368 g/mol. The third-order valence-electron chi connectivity index (χ3n) is 4.88. The molecule has 2 N–H and O–H groups in total. The van der Waals surface area contributed by atoms with Gasteiger partial charge in [0, 0.05) is 6.54 Å². The fourth-order valence-corrected chi connectivity index (χ4v) is 3.34. The Morgan fingerprint density at radius 2 is 1.83 bits per heavy atom. The van der Waals surface area contributed by atoms with Crippen molar-refractivity contribution >= 4 is 17.5 Å². The molecule has 1 heterocycles. The average Bonchev–Trinajstić information content (AvgIpc) is 2.75. The van der Waals surface area contributed by atoms with Crippen molar-refractivity contribution in [3.8, 4) is 11.5 Å². The highest BCUT2D eigenvalue weighted by molar-refractivity contribution is 5.91. The Bertz CT molecular complexity index is 850. The predicted octanol–water partition coefficient (Wildman–Crippen LogP) is 3.98. The first-order chi connectivity index (χ1) is 14.2. The summed E-state index contributed by atoms with van der Waals surface area (Å²) in [6.07, 6.45) is 8.60. The van der Waals surface area contributed by atoms with Gasteiger partial charge in [-0.2, -0.15) is 0 Å². The van der Waals surface area contributed by atoms with Crippen LogP contribution >= 0.6 is 0 Å². The number of carbonyl (C=O) groups excluding carboxylic acids is 1. The first kappa shape index (κ1) is 20.6. The number of benzene rings is 1. The van der Waals surface area contributed by atoms with Crippen LogP contribution in [0.1, 0.15) is 37.7 Å². The molecule has 0 unspecified atom stereocenters. The molecule has 0 aliphatic heterocycles. The van der Waals surface area contributed by atoms with Crippen molar-refractivity contribution in [2.24, 2.45) is 0 Å². The van der Waals surface area contributed by atoms with E-state index < -0.39 is 0 Å². The van der Waals surface area contributed by atoms with E-state index in [0.717, 1.165) is 18.5 Å². The number of hydrogen-bond acceptors (Lipinski definition) is 6. The SMILES string of the molecule is COc1ccc(CC(=O)Nc2ccc(NCCC3=CCCCC3)nn2)cc1OC. The van der Waals surface area contributed by atoms with E-state index in [0.29, 0.717) is 23.1 Å². The molecule has 1 aliphatic carbocycles. The fourth-order valence-electron chi connectivity index (χ4n) is 3.34. The molecule has 1 aliphatic rings. The van der Waals surface area contributed by atoms with Crippen LogP contribution in [0.3, 0.4) is 0 Å². The van der Waals surface area contributed by atoms with Gasteiger partial charge in [-0.1, -0.05) is 17.7 Å². The number of nitrogens with zero attached hydrogens (tertiary/aromatic N) is 2. The Kier molecular flexibility index (Phi) is 7.44. The maximum Gasteiger partial charge on any atom is 0.229 e. The topological polar surface area (TPSA) is 85.4 Å². The molecule has 1 aromatic heterocycles. The molecule has 3 rings (SSSR count). The molecule has 0 saturated heterocycles. The normalized spacial score (nSPS) is 13.4. The van der Waals surface area contributed by atoms with E-state index in [1.165, 1.54) is 31.3 Å². The molecule has 154 valence electrons. The minimum atomic E-state index is -0.170. The van der Waals surface area contributed by atoms with Crippen LogP contribution in [-0.2, 0) is 11.2 Å². The van der Waals surface area contributed by atoms with Gasteiger partial charge >= 0.3 is 0 Å². The number of methoxy groups -OCH3 is 2. The summed E-state index contributed by atoms with van der Waals surface area (Å²) in [7, 11) is 3.15. The van der Waals surface area contributed by atoms with Crippen LogP contribution in [0.5, 0.6) is 11.5 Å². The number of nitrogens with one attached hydrogen (secondary N) is 2. The number of anilines is 2. The van der Waals surface area contributed by atoms with Gasteiger partial charge in [0.15, 0.2) is 17.3 Å². The lowest BCUT2D eigenvalue weighted by Gasteiger charge is -2.13. The van der Waals surface area contributed by atoms with Gasteiger partial charge in [0.2, 0.25) is 5.91 Å². The Morgan fingerprint density at radius 3 is 2.52 bits per heavy atom. The molecule has 2 aromatic rings. The number of aromatic nitrogens is 2. The fraction of sp³-hybridized carbons (Fsp3) is 0.409. The van der Waals surface area contributed by atoms with Crippen LogP contribution in [0.2, 0.25) is 0 Å². The van der Waals surface area contributed by atoms with E-state index in [4.69, 9.17) is 9.47 Å². The molecule has 0 atom stereocenters. The summed E-state index contributed by atoms with van der Waals surface area (Å²) < 4.78 is 10.5. The smallest absolute Gasteiger partial charge is 0.229 e. The number of allylic oxidation sites excluding steroid dienone is 1. The summed E-state index contributed by atoms with van der Waals surface area (Å²) in [4.78, 5) is 12.3. The molecule has 0 radical (unpaired) electrons. The van der Waals surface area contributed by atoms with Gasteiger partial charge in [0.05, 0.1) is 20.6 Å². The minimum absolute atomic E-state index is 0.170. The highest BCUT2D eigenvalue weighted by Gasteiger charge is 2.10. The number of hydrogen-bond donors (Lipinski definition) is 2. The molecule has 0 saturated carbocycles. The molecule has 7 heteroatoms. The van der Waals surface area contributed by atoms with Crippen LogP contribution in [0.15, 0.2) is 42.0 Å². The Morgan fingerprint density at radius 1 is 1.03 bits per heavy atom. The van der Waals surface area contributed by atoms with Crippen LogP contribution < -0.4 is 20.1 Å². The zero-order chi connectivity index (χ0) is 20.5. The van der Waals surface area contributed by atoms with Crippen molar-refractivity contribution in [2.75, 3.05) is 31.4 Å². The molecule has 0 bridgehead atoms. The maximum absolute atomic E-state index is 12.3. The van der Waals surface area contributed by atoms with Crippen molar-refractivity contribution < 1.29 is 14.3 Å². The zero-order valence-electron chi connectivity index (χ0n) is 17.0. The Balaban J connectivity index is 1.47. The van der Waals surface area contributed by atoms with Gasteiger partial charge < -0.3 is 20.1 Å². The molecule has 1 aromatic carbocycles. The highest BCUT2D eigenvalue weighted by Crippen LogP contribution is 2.27. The van der Waals surface area contributed by atoms with Crippen LogP contribution in [0, 0.1) is 0 Å². The van der Waals surface area contributed by atoms with Gasteiger partial charge in [-0.25, -0.2) is 0 Å². The summed E-state index contributed by atoms with van der Waals surface area (Å²) in [6, 6.07) is 8.99. The lowest BCUT2D eigenvalue weighted by molar-refractivity contribution is -0.115. The van der Waals surface area contributed by atoms with Crippen LogP contribution in [0.4, 0.5) is 11.6 Å². The number of amides is 1. The summed E-state index contributed by atoms with van der Waals surface area (Å²) in [5, 5.41) is 14.3. The van der Waals surface area contributed by atoms with Crippen LogP contribution in [-0.4, -0.2) is 36.9 Å². The molecule has 0 spiro atoms. The average molecular weight is 396 g/mol. The van der Waals surface area contributed by atoms with Gasteiger partial charge in [0.25, 0.3) is 0 Å². The van der Waals surface area contributed by atoms with Gasteiger partial charge in [-0.3, -0.25) is 4.79 Å². The van der Waals surface area contributed by atoms with Crippen molar-refractivity contribution in [3.63, 3.8) is 0 Å². The second kappa shape index (κ2) is 10.5. The van der Waals surface area contributed by atoms with Crippen molar-refractivity contribution in [3.05, 3.63) is 47.5 Å². The molecule has 7 nitrogen and oxygen atoms in total. The number of rotatable bonds is 9. The summed E-state index contributed by atoms with van der Waals surface area (Å²) in [5.41, 5.74) is 2.35. The van der Waals surface area contributed by atoms with Crippen LogP contribution in [0.25, 0.3) is 0 Å². The third-order valence-corrected chi connectivity index (χ3v) is 4.88. The summed E-state index contributed by atoms with van der Waals surface area (Å²) in [5.74, 6) is 2.19. The third kappa shape index (κ3) is 6.20. The van der Waals surface area contributed by atoms with E-state index in [9.17, 15) is 4.79 Å². The maximum atomic E-state index is 12.3. The Labute approximate surface area is 171 Å². The highest BCUT2D eigenvalue weighted by atomic mass is 16.5. The van der Waals surface area contributed by atoms with E-state index >= 15 is 0 Å². The van der Waals surface area contributed by atoms with E-state index in [-0.39, 0.29) is 12.3 Å². The summed E-state index contributed by atoms with van der Waals surface area (Å²) in [6.45, 7) is 0.839. The monoisotopic (exact) mass is 396 g/mol. The first-order valence-electron chi connectivity index (χ1n) is 9.94. The number of ether oxygens (including phenoxy) is 2. The van der Waals surface area contributed by atoms with Crippen molar-refractivity contribution in [2.45, 2.75) is 38.5 Å². The van der Waals surface area contributed by atoms with E-state index in [2.05, 4.69) is 26.9 Å². The van der Waals surface area contributed by atoms with Gasteiger partial charge in [0.1, 0.15) is 5.82 Å². The van der Waals surface area contributed by atoms with Crippen molar-refractivity contribution in [1.82, 2.24) is 10.2 Å². The molecule has 29 heavy (non-hydrogen) atoms. The Hall–Kier alpha value is -3.09. The number of carbonyl (C=O) groups is 1. The zero-order valence-corrected chi connectivity index (χ0v) is 17.0. The van der Waals surface area contributed by atoms with Crippen molar-refractivity contribution in [1.29, 1.82) is 0 Å². The van der Waals surface area contributed by atoms with Gasteiger partial charge in [-0.05, 0) is 61.9 Å². The quantitative estimate of drug-likeness (QED) is 0.624. The van der Waals surface area contributed by atoms with Gasteiger partial charge in [-0.15, -0.1) is 10.2 Å². The lowest BCUT2D eigenvalue weighted by Crippen LogP contribution is -2.16. The largest absolute Gasteiger partial charge is 0.493 e. The molecule has 0 fully saturated rings. The predicted molar refractivity (Wildman–Crippen MR) is 114 cm³/mol. The standard InChI is InChI=1S/C22H28N4O3/c1-28-18-9-8-17(14-19(18)29-2)15-22(27)24-21-11-10-20(25-26-21)23-13-12-16-6-4-3-5-7-16/h6,8-11,14H,3-5,7,12-13,15H2,1-2H3,(H,23,25)(H,24,26,27). The second-order valence-electron chi connectivity index (χ2n) is 7.00. The molecular formula is C22H28N4O3. The van der Waals surface area contributed by atoms with E-state index in [1.807, 2.05) is 12.1 Å². The second-order valence-corrected chi connectivity index (χ2v) is 7.00. The first-order valence-corrected chi connectivity index (χ1v) is 9.94. The summed E-state index contributed by atoms with van der Waals surface area (Å²) >= 11 is 0. The lowest BCUT2D eigenvalue weighted by atomic mass is 9.97.